The topological polar surface area (TPSA) is 34.1 Å². The Balaban J connectivity index is 2.72. The minimum Gasteiger partial charge on any atom is -0.384 e. The van der Waals surface area contributed by atoms with Gasteiger partial charge in [0.15, 0.2) is 0 Å². The van der Waals surface area contributed by atoms with Crippen LogP contribution in [-0.4, -0.2) is 25.2 Å². The summed E-state index contributed by atoms with van der Waals surface area (Å²) < 4.78 is 5.14. The number of unbranched alkanes of at least 4 members (excludes halogenated alkanes) is 1. The van der Waals surface area contributed by atoms with Crippen LogP contribution in [0.3, 0.4) is 0 Å². The molecule has 1 aromatic rings. The monoisotopic (exact) mass is 284 g/mol. The third-order valence-electron chi connectivity index (χ3n) is 2.96. The molecule has 0 fully saturated rings. The summed E-state index contributed by atoms with van der Waals surface area (Å²) in [6.07, 6.45) is 3.39. The van der Waals surface area contributed by atoms with Gasteiger partial charge < -0.3 is 10.1 Å². The highest BCUT2D eigenvalue weighted by molar-refractivity contribution is 7.11. The van der Waals surface area contributed by atoms with E-state index in [2.05, 4.69) is 33.0 Å². The molecule has 0 bridgehead atoms. The van der Waals surface area contributed by atoms with E-state index in [-0.39, 0.29) is 5.41 Å². The van der Waals surface area contributed by atoms with Gasteiger partial charge in [0.1, 0.15) is 0 Å². The first kappa shape index (κ1) is 16.6. The Labute approximate surface area is 121 Å². The molecule has 0 aliphatic heterocycles. The smallest absolute Gasteiger partial charge is 0.0954 e. The van der Waals surface area contributed by atoms with Crippen molar-refractivity contribution in [3.8, 4) is 0 Å². The number of methoxy groups -OCH3 is 1. The van der Waals surface area contributed by atoms with Gasteiger partial charge in [-0.2, -0.15) is 0 Å². The normalized spacial score (nSPS) is 12.1. The van der Waals surface area contributed by atoms with Crippen molar-refractivity contribution in [1.29, 1.82) is 0 Å². The van der Waals surface area contributed by atoms with Crippen LogP contribution in [0, 0.1) is 0 Å². The Morgan fingerprint density at radius 1 is 1.32 bits per heavy atom. The van der Waals surface area contributed by atoms with Gasteiger partial charge >= 0.3 is 0 Å². The van der Waals surface area contributed by atoms with Crippen molar-refractivity contribution in [3.05, 3.63) is 15.6 Å². The maximum absolute atomic E-state index is 5.14. The first-order valence-corrected chi connectivity index (χ1v) is 7.99. The summed E-state index contributed by atoms with van der Waals surface area (Å²) >= 11 is 1.83. The van der Waals surface area contributed by atoms with Gasteiger partial charge in [-0.15, -0.1) is 11.3 Å². The summed E-state index contributed by atoms with van der Waals surface area (Å²) in [5, 5.41) is 4.72. The summed E-state index contributed by atoms with van der Waals surface area (Å²) in [7, 11) is 1.74. The van der Waals surface area contributed by atoms with Crippen molar-refractivity contribution < 1.29 is 4.74 Å². The summed E-state index contributed by atoms with van der Waals surface area (Å²) in [6.45, 7) is 11.7. The molecule has 0 aliphatic carbocycles. The van der Waals surface area contributed by atoms with Crippen molar-refractivity contribution in [2.75, 3.05) is 20.3 Å². The lowest BCUT2D eigenvalue weighted by Crippen LogP contribution is -2.19. The number of aromatic nitrogens is 1. The number of nitrogens with one attached hydrogen (secondary N) is 1. The maximum Gasteiger partial charge on any atom is 0.0954 e. The molecule has 0 radical (unpaired) electrons. The molecule has 0 unspecified atom stereocenters. The molecule has 4 heteroatoms. The predicted octanol–water partition coefficient (Wildman–Crippen LogP) is 3.52. The van der Waals surface area contributed by atoms with E-state index in [9.17, 15) is 0 Å². The lowest BCUT2D eigenvalue weighted by Gasteiger charge is -2.17. The summed E-state index contributed by atoms with van der Waals surface area (Å²) in [5.41, 5.74) is 1.36. The largest absolute Gasteiger partial charge is 0.384 e. The van der Waals surface area contributed by atoms with Gasteiger partial charge in [0.05, 0.1) is 17.3 Å². The van der Waals surface area contributed by atoms with Crippen LogP contribution in [0.2, 0.25) is 0 Å². The van der Waals surface area contributed by atoms with Gasteiger partial charge in [-0.3, -0.25) is 0 Å². The van der Waals surface area contributed by atoms with Crippen molar-refractivity contribution in [2.24, 2.45) is 0 Å². The lowest BCUT2D eigenvalue weighted by atomic mass is 9.91. The highest BCUT2D eigenvalue weighted by Gasteiger charge is 2.22. The zero-order valence-corrected chi connectivity index (χ0v) is 13.8. The van der Waals surface area contributed by atoms with Crippen LogP contribution in [0.4, 0.5) is 0 Å². The van der Waals surface area contributed by atoms with E-state index >= 15 is 0 Å². The van der Waals surface area contributed by atoms with Crippen LogP contribution in [0.1, 0.15) is 56.1 Å². The molecule has 1 aromatic heterocycles. The van der Waals surface area contributed by atoms with Gasteiger partial charge in [0.25, 0.3) is 0 Å². The number of rotatable bonds is 8. The average Bonchev–Trinajstić information content (AvgIpc) is 2.75. The van der Waals surface area contributed by atoms with Crippen LogP contribution in [0.25, 0.3) is 0 Å². The van der Waals surface area contributed by atoms with E-state index in [1.807, 2.05) is 11.3 Å². The molecule has 0 aromatic carbocycles. The van der Waals surface area contributed by atoms with E-state index in [0.717, 1.165) is 26.1 Å². The second-order valence-corrected chi connectivity index (χ2v) is 7.07. The summed E-state index contributed by atoms with van der Waals surface area (Å²) in [4.78, 5) is 6.20. The van der Waals surface area contributed by atoms with Crippen LogP contribution >= 0.6 is 11.3 Å². The number of thiazole rings is 1. The van der Waals surface area contributed by atoms with Crippen molar-refractivity contribution in [1.82, 2.24) is 10.3 Å². The second-order valence-electron chi connectivity index (χ2n) is 5.90. The van der Waals surface area contributed by atoms with E-state index in [1.54, 1.807) is 7.11 Å². The molecule has 1 N–H and O–H groups in total. The Hall–Kier alpha value is -0.450. The standard InChI is InChI=1S/C15H28N2OS/c1-6-7-9-16-11-12-14(15(2,3)4)17-13(19-12)8-10-18-5/h16H,6-11H2,1-5H3. The molecule has 0 amide bonds. The van der Waals surface area contributed by atoms with E-state index in [1.165, 1.54) is 28.4 Å². The van der Waals surface area contributed by atoms with Crippen molar-refractivity contribution in [2.45, 2.75) is 58.9 Å². The predicted molar refractivity (Wildman–Crippen MR) is 83.0 cm³/mol. The van der Waals surface area contributed by atoms with Gasteiger partial charge in [0.2, 0.25) is 0 Å². The quantitative estimate of drug-likeness (QED) is 0.742. The number of hydrogen-bond acceptors (Lipinski definition) is 4. The molecule has 0 aliphatic rings. The molecule has 19 heavy (non-hydrogen) atoms. The third-order valence-corrected chi connectivity index (χ3v) is 4.08. The van der Waals surface area contributed by atoms with Crippen LogP contribution < -0.4 is 5.32 Å². The number of hydrogen-bond donors (Lipinski definition) is 1. The summed E-state index contributed by atoms with van der Waals surface area (Å²) in [6, 6.07) is 0. The second kappa shape index (κ2) is 7.98. The third kappa shape index (κ3) is 5.59. The summed E-state index contributed by atoms with van der Waals surface area (Å²) in [5.74, 6) is 0. The SMILES string of the molecule is CCCCNCc1sc(CCOC)nc1C(C)(C)C. The van der Waals surface area contributed by atoms with Gasteiger partial charge in [-0.1, -0.05) is 34.1 Å². The maximum atomic E-state index is 5.14. The Morgan fingerprint density at radius 2 is 2.05 bits per heavy atom. The van der Waals surface area contributed by atoms with E-state index in [0.29, 0.717) is 0 Å². The van der Waals surface area contributed by atoms with Gasteiger partial charge in [-0.05, 0) is 13.0 Å². The fraction of sp³-hybridized carbons (Fsp3) is 0.800. The molecule has 0 saturated carbocycles. The average molecular weight is 284 g/mol. The van der Waals surface area contributed by atoms with Gasteiger partial charge in [0, 0.05) is 30.4 Å². The van der Waals surface area contributed by atoms with Crippen molar-refractivity contribution >= 4 is 11.3 Å². The fourth-order valence-electron chi connectivity index (χ4n) is 1.91. The fourth-order valence-corrected chi connectivity index (χ4v) is 3.14. The molecule has 0 saturated heterocycles. The first-order valence-electron chi connectivity index (χ1n) is 7.17. The molecule has 1 heterocycles. The zero-order valence-electron chi connectivity index (χ0n) is 13.0. The highest BCUT2D eigenvalue weighted by atomic mass is 32.1. The Morgan fingerprint density at radius 3 is 2.63 bits per heavy atom. The Kier molecular flexibility index (Phi) is 6.97. The lowest BCUT2D eigenvalue weighted by molar-refractivity contribution is 0.202. The number of nitrogens with zero attached hydrogens (tertiary/aromatic N) is 1. The molecular weight excluding hydrogens is 256 g/mol. The van der Waals surface area contributed by atoms with Gasteiger partial charge in [-0.25, -0.2) is 4.98 Å². The van der Waals surface area contributed by atoms with E-state index < -0.39 is 0 Å². The molecule has 3 nitrogen and oxygen atoms in total. The van der Waals surface area contributed by atoms with E-state index in [4.69, 9.17) is 9.72 Å². The van der Waals surface area contributed by atoms with Crippen LogP contribution in [-0.2, 0) is 23.1 Å². The molecule has 1 rings (SSSR count). The number of ether oxygens (including phenoxy) is 1. The van der Waals surface area contributed by atoms with Crippen LogP contribution in [0.5, 0.6) is 0 Å². The zero-order chi connectivity index (χ0) is 14.3. The highest BCUT2D eigenvalue weighted by Crippen LogP contribution is 2.29. The minimum atomic E-state index is 0.115. The molecule has 0 spiro atoms. The molecular formula is C15H28N2OS. The first-order chi connectivity index (χ1) is 8.99. The van der Waals surface area contributed by atoms with Crippen molar-refractivity contribution in [3.63, 3.8) is 0 Å². The molecule has 110 valence electrons. The molecule has 0 atom stereocenters. The van der Waals surface area contributed by atoms with Crippen LogP contribution in [0.15, 0.2) is 0 Å². The Bertz CT molecular complexity index is 369. The minimum absolute atomic E-state index is 0.115.